The number of rotatable bonds is 5. The van der Waals surface area contributed by atoms with Gasteiger partial charge in [-0.15, -0.1) is 0 Å². The van der Waals surface area contributed by atoms with Gasteiger partial charge in [-0.3, -0.25) is 0 Å². The summed E-state index contributed by atoms with van der Waals surface area (Å²) < 4.78 is 4.00. The number of carbonyl (C=O) groups is 1. The van der Waals surface area contributed by atoms with E-state index in [9.17, 15) is 9.90 Å². The monoisotopic (exact) mass is 473 g/mol. The zero-order valence-electron chi connectivity index (χ0n) is 18.0. The molecule has 0 aliphatic carbocycles. The first-order chi connectivity index (χ1) is 15.9. The van der Waals surface area contributed by atoms with Gasteiger partial charge in [-0.1, -0.05) is 53.2 Å². The molecule has 0 fully saturated rings. The summed E-state index contributed by atoms with van der Waals surface area (Å²) >= 11 is 7.91. The topological polar surface area (TPSA) is 60.0 Å². The van der Waals surface area contributed by atoms with Gasteiger partial charge in [0.05, 0.1) is 34.8 Å². The van der Waals surface area contributed by atoms with Gasteiger partial charge < -0.3 is 9.67 Å². The van der Waals surface area contributed by atoms with Crippen molar-refractivity contribution in [3.05, 3.63) is 101 Å². The number of hydrogen-bond donors (Lipinski definition) is 1. The average molecular weight is 474 g/mol. The van der Waals surface area contributed by atoms with E-state index in [4.69, 9.17) is 11.6 Å². The number of carboxylic acids is 1. The largest absolute Gasteiger partial charge is 0.478 e. The van der Waals surface area contributed by atoms with E-state index < -0.39 is 5.97 Å². The molecule has 0 atom stereocenters. The molecule has 0 amide bonds. The minimum atomic E-state index is -0.938. The summed E-state index contributed by atoms with van der Waals surface area (Å²) in [6, 6.07) is 21.0. The normalized spacial score (nSPS) is 11.2. The maximum atomic E-state index is 11.4. The summed E-state index contributed by atoms with van der Waals surface area (Å²) in [6.45, 7) is 4.11. The van der Waals surface area contributed by atoms with Crippen molar-refractivity contribution < 1.29 is 9.90 Å². The lowest BCUT2D eigenvalue weighted by molar-refractivity contribution is 0.0696. The van der Waals surface area contributed by atoms with E-state index in [1.807, 2.05) is 53.5 Å². The molecule has 33 heavy (non-hydrogen) atoms. The Morgan fingerprint density at radius 3 is 2.55 bits per heavy atom. The molecule has 0 radical (unpaired) electrons. The maximum Gasteiger partial charge on any atom is 0.335 e. The van der Waals surface area contributed by atoms with Crippen molar-refractivity contribution in [2.24, 2.45) is 0 Å². The van der Waals surface area contributed by atoms with E-state index in [0.29, 0.717) is 5.02 Å². The van der Waals surface area contributed by atoms with Crippen LogP contribution in [0, 0.1) is 13.8 Å². The van der Waals surface area contributed by atoms with E-state index in [1.165, 1.54) is 5.56 Å². The van der Waals surface area contributed by atoms with Gasteiger partial charge in [-0.25, -0.2) is 9.48 Å². The first-order valence-corrected chi connectivity index (χ1v) is 11.5. The van der Waals surface area contributed by atoms with Crippen molar-refractivity contribution in [1.82, 2.24) is 14.3 Å². The fourth-order valence-electron chi connectivity index (χ4n) is 3.90. The van der Waals surface area contributed by atoms with Crippen LogP contribution in [0.5, 0.6) is 0 Å². The standard InChI is InChI=1S/C26H20ClN3O2S/c1-16-6-9-20(10-7-16)29-15-21(14-28-29)30-17(2)25(23-11-8-19(27)13-24(23)30)33-22-5-3-4-18(12-22)26(31)32/h3-15H,1-2H3,(H,31,32). The van der Waals surface area contributed by atoms with Gasteiger partial charge >= 0.3 is 5.97 Å². The number of aryl methyl sites for hydroxylation is 1. The molecule has 0 spiro atoms. The Labute approximate surface area is 200 Å². The van der Waals surface area contributed by atoms with Crippen molar-refractivity contribution >= 4 is 40.2 Å². The van der Waals surface area contributed by atoms with Crippen LogP contribution in [0.15, 0.2) is 88.9 Å². The second kappa shape index (κ2) is 8.46. The molecule has 0 unspecified atom stereocenters. The van der Waals surface area contributed by atoms with E-state index >= 15 is 0 Å². The number of aromatic nitrogens is 3. The van der Waals surface area contributed by atoms with Gasteiger partial charge in [-0.2, -0.15) is 5.10 Å². The van der Waals surface area contributed by atoms with E-state index in [-0.39, 0.29) is 5.56 Å². The summed E-state index contributed by atoms with van der Waals surface area (Å²) in [5, 5.41) is 15.6. The molecule has 164 valence electrons. The predicted octanol–water partition coefficient (Wildman–Crippen LogP) is 6.94. The highest BCUT2D eigenvalue weighted by Gasteiger charge is 2.18. The third kappa shape index (κ3) is 4.03. The van der Waals surface area contributed by atoms with Gasteiger partial charge in [0.1, 0.15) is 0 Å². The predicted molar refractivity (Wildman–Crippen MR) is 132 cm³/mol. The molecule has 5 rings (SSSR count). The lowest BCUT2D eigenvalue weighted by atomic mass is 10.2. The van der Waals surface area contributed by atoms with E-state index in [0.717, 1.165) is 37.8 Å². The van der Waals surface area contributed by atoms with Crippen LogP contribution in [0.25, 0.3) is 22.3 Å². The summed E-state index contributed by atoms with van der Waals surface area (Å²) in [4.78, 5) is 13.3. The van der Waals surface area contributed by atoms with Gasteiger partial charge in [0.25, 0.3) is 0 Å². The Balaban J connectivity index is 1.63. The minimum Gasteiger partial charge on any atom is -0.478 e. The SMILES string of the molecule is Cc1ccc(-n2cc(-n3c(C)c(Sc4cccc(C(=O)O)c4)c4ccc(Cl)cc43)cn2)cc1. The van der Waals surface area contributed by atoms with Crippen molar-refractivity contribution in [2.75, 3.05) is 0 Å². The Morgan fingerprint density at radius 1 is 1.00 bits per heavy atom. The Bertz CT molecular complexity index is 1500. The summed E-state index contributed by atoms with van der Waals surface area (Å²) in [5.74, 6) is -0.938. The number of carboxylic acid groups (broad SMARTS) is 1. The molecule has 5 aromatic rings. The quantitative estimate of drug-likeness (QED) is 0.300. The smallest absolute Gasteiger partial charge is 0.335 e. The maximum absolute atomic E-state index is 11.4. The molecule has 1 N–H and O–H groups in total. The van der Waals surface area contributed by atoms with Crippen LogP contribution in [-0.4, -0.2) is 25.4 Å². The highest BCUT2D eigenvalue weighted by Crippen LogP contribution is 2.40. The van der Waals surface area contributed by atoms with Crippen molar-refractivity contribution in [2.45, 2.75) is 23.6 Å². The van der Waals surface area contributed by atoms with Crippen LogP contribution >= 0.6 is 23.4 Å². The van der Waals surface area contributed by atoms with Crippen LogP contribution < -0.4 is 0 Å². The number of hydrogen-bond acceptors (Lipinski definition) is 3. The third-order valence-electron chi connectivity index (χ3n) is 5.54. The van der Waals surface area contributed by atoms with Gasteiger partial charge in [0, 0.05) is 25.9 Å². The fraction of sp³-hybridized carbons (Fsp3) is 0.0769. The number of benzene rings is 3. The second-order valence-corrected chi connectivity index (χ2v) is 9.35. The van der Waals surface area contributed by atoms with Gasteiger partial charge in [-0.05, 0) is 56.3 Å². The molecule has 5 nitrogen and oxygen atoms in total. The van der Waals surface area contributed by atoms with E-state index in [1.54, 1.807) is 30.0 Å². The lowest BCUT2D eigenvalue weighted by Crippen LogP contribution is -1.97. The molecule has 0 aliphatic rings. The zero-order chi connectivity index (χ0) is 23.1. The van der Waals surface area contributed by atoms with Crippen LogP contribution in [-0.2, 0) is 0 Å². The first kappa shape index (κ1) is 21.4. The molecule has 2 aromatic heterocycles. The minimum absolute atomic E-state index is 0.267. The molecule has 0 saturated heterocycles. The molecule has 7 heteroatoms. The molecule has 0 aliphatic heterocycles. The summed E-state index contributed by atoms with van der Waals surface area (Å²) in [6.07, 6.45) is 3.84. The average Bonchev–Trinajstić information content (AvgIpc) is 3.37. The third-order valence-corrected chi connectivity index (χ3v) is 6.98. The first-order valence-electron chi connectivity index (χ1n) is 10.3. The molecule has 2 heterocycles. The van der Waals surface area contributed by atoms with Crippen LogP contribution in [0.4, 0.5) is 0 Å². The second-order valence-electron chi connectivity index (χ2n) is 7.83. The zero-order valence-corrected chi connectivity index (χ0v) is 19.6. The molecular formula is C26H20ClN3O2S. The number of fused-ring (bicyclic) bond motifs is 1. The fourth-order valence-corrected chi connectivity index (χ4v) is 5.15. The van der Waals surface area contributed by atoms with Crippen LogP contribution in [0.3, 0.4) is 0 Å². The Morgan fingerprint density at radius 2 is 1.79 bits per heavy atom. The molecule has 0 bridgehead atoms. The number of aromatic carboxylic acids is 1. The lowest BCUT2D eigenvalue weighted by Gasteiger charge is -2.07. The van der Waals surface area contributed by atoms with Crippen molar-refractivity contribution in [1.29, 1.82) is 0 Å². The molecule has 3 aromatic carbocycles. The van der Waals surface area contributed by atoms with Gasteiger partial charge in [0.15, 0.2) is 0 Å². The van der Waals surface area contributed by atoms with Crippen molar-refractivity contribution in [3.63, 3.8) is 0 Å². The Hall–Kier alpha value is -3.48. The number of halogens is 1. The van der Waals surface area contributed by atoms with E-state index in [2.05, 4.69) is 35.6 Å². The number of nitrogens with zero attached hydrogens (tertiary/aromatic N) is 3. The van der Waals surface area contributed by atoms with Gasteiger partial charge in [0.2, 0.25) is 0 Å². The molecule has 0 saturated carbocycles. The van der Waals surface area contributed by atoms with Crippen LogP contribution in [0.2, 0.25) is 5.02 Å². The summed E-state index contributed by atoms with van der Waals surface area (Å²) in [7, 11) is 0. The summed E-state index contributed by atoms with van der Waals surface area (Å²) in [5.41, 5.74) is 5.37. The Kier molecular flexibility index (Phi) is 5.48. The molecular weight excluding hydrogens is 454 g/mol. The highest BCUT2D eigenvalue weighted by molar-refractivity contribution is 7.99. The van der Waals surface area contributed by atoms with Crippen LogP contribution in [0.1, 0.15) is 21.6 Å². The van der Waals surface area contributed by atoms with Crippen molar-refractivity contribution in [3.8, 4) is 11.4 Å². The highest BCUT2D eigenvalue weighted by atomic mass is 35.5.